The summed E-state index contributed by atoms with van der Waals surface area (Å²) in [5.41, 5.74) is 1.82. The summed E-state index contributed by atoms with van der Waals surface area (Å²) in [5, 5.41) is 8.72. The fourth-order valence-corrected chi connectivity index (χ4v) is 4.47. The largest absolute Gasteiger partial charge is 0.382 e. The molecule has 0 aliphatic rings. The van der Waals surface area contributed by atoms with Crippen molar-refractivity contribution >= 4 is 27.7 Å². The van der Waals surface area contributed by atoms with Crippen LogP contribution in [0.1, 0.15) is 11.4 Å². The average molecular weight is 364 g/mol. The number of rotatable bonds is 6. The van der Waals surface area contributed by atoms with Gasteiger partial charge in [0.15, 0.2) is 5.16 Å². The van der Waals surface area contributed by atoms with Gasteiger partial charge in [-0.25, -0.2) is 4.98 Å². The summed E-state index contributed by atoms with van der Waals surface area (Å²) in [4.78, 5) is 4.30. The molecule has 0 atom stereocenters. The Bertz CT molecular complexity index is 956. The monoisotopic (exact) mass is 364 g/mol. The maximum absolute atomic E-state index is 12.0. The fraction of sp³-hybridized carbons (Fsp3) is 0.267. The second-order valence-electron chi connectivity index (χ2n) is 5.16. The molecule has 0 N–H and O–H groups in total. The van der Waals surface area contributed by atoms with Crippen molar-refractivity contribution in [3.05, 3.63) is 47.8 Å². The lowest BCUT2D eigenvalue weighted by molar-refractivity contribution is 0.488. The van der Waals surface area contributed by atoms with E-state index in [0.717, 1.165) is 11.4 Å². The number of para-hydroxylation sites is 1. The van der Waals surface area contributed by atoms with Gasteiger partial charge in [-0.1, -0.05) is 30.0 Å². The Morgan fingerprint density at radius 2 is 1.92 bits per heavy atom. The average Bonchev–Trinajstić information content (AvgIpc) is 2.90. The smallest absolute Gasteiger partial charge is 0.310 e. The predicted octanol–water partition coefficient (Wildman–Crippen LogP) is 2.24. The van der Waals surface area contributed by atoms with Crippen LogP contribution in [0.15, 0.2) is 41.6 Å². The van der Waals surface area contributed by atoms with Gasteiger partial charge in [-0.05, 0) is 32.0 Å². The molecule has 24 heavy (non-hydrogen) atoms. The first kappa shape index (κ1) is 16.7. The molecule has 3 rings (SSSR count). The molecule has 2 aromatic heterocycles. The van der Waals surface area contributed by atoms with Gasteiger partial charge >= 0.3 is 10.1 Å². The quantitative estimate of drug-likeness (QED) is 0.490. The first-order valence-corrected chi connectivity index (χ1v) is 9.80. The van der Waals surface area contributed by atoms with Gasteiger partial charge in [0.25, 0.3) is 5.78 Å². The van der Waals surface area contributed by atoms with Crippen molar-refractivity contribution in [2.75, 3.05) is 11.5 Å². The number of aryl methyl sites for hydroxylation is 2. The van der Waals surface area contributed by atoms with E-state index in [9.17, 15) is 8.42 Å². The summed E-state index contributed by atoms with van der Waals surface area (Å²) in [6.07, 6.45) is 0. The van der Waals surface area contributed by atoms with E-state index in [1.807, 2.05) is 24.3 Å². The number of thioether (sulfide) groups is 1. The SMILES string of the molecule is Cc1cc(C)n2c(SCCS(=O)(=O)Oc3ccccc3)nnc2n1. The lowest BCUT2D eigenvalue weighted by atomic mass is 10.3. The van der Waals surface area contributed by atoms with Crippen molar-refractivity contribution < 1.29 is 12.6 Å². The maximum atomic E-state index is 12.0. The Morgan fingerprint density at radius 1 is 1.17 bits per heavy atom. The molecule has 0 unspecified atom stereocenters. The first-order valence-electron chi connectivity index (χ1n) is 7.24. The van der Waals surface area contributed by atoms with Crippen molar-refractivity contribution in [2.24, 2.45) is 0 Å². The normalized spacial score (nSPS) is 11.8. The number of aromatic nitrogens is 4. The highest BCUT2D eigenvalue weighted by Crippen LogP contribution is 2.19. The lowest BCUT2D eigenvalue weighted by Crippen LogP contribution is -2.15. The third-order valence-electron chi connectivity index (χ3n) is 3.19. The highest BCUT2D eigenvalue weighted by Gasteiger charge is 2.15. The second kappa shape index (κ2) is 6.78. The molecule has 1 aromatic carbocycles. The molecule has 0 radical (unpaired) electrons. The highest BCUT2D eigenvalue weighted by molar-refractivity contribution is 8.00. The Morgan fingerprint density at radius 3 is 2.67 bits per heavy atom. The molecule has 0 spiro atoms. The van der Waals surface area contributed by atoms with Gasteiger partial charge < -0.3 is 4.18 Å². The second-order valence-corrected chi connectivity index (χ2v) is 7.92. The minimum atomic E-state index is -3.65. The third kappa shape index (κ3) is 3.85. The topological polar surface area (TPSA) is 86.5 Å². The van der Waals surface area contributed by atoms with E-state index in [2.05, 4.69) is 15.2 Å². The van der Waals surface area contributed by atoms with Crippen LogP contribution in [0.5, 0.6) is 5.75 Å². The first-order chi connectivity index (χ1) is 11.4. The molecule has 0 fully saturated rings. The summed E-state index contributed by atoms with van der Waals surface area (Å²) in [6, 6.07) is 10.4. The third-order valence-corrected chi connectivity index (χ3v) is 5.53. The van der Waals surface area contributed by atoms with Crippen molar-refractivity contribution in [2.45, 2.75) is 19.0 Å². The van der Waals surface area contributed by atoms with Crippen LogP contribution in [0.25, 0.3) is 5.78 Å². The summed E-state index contributed by atoms with van der Waals surface area (Å²) in [5.74, 6) is 1.01. The van der Waals surface area contributed by atoms with Crippen molar-refractivity contribution in [1.29, 1.82) is 0 Å². The van der Waals surface area contributed by atoms with Gasteiger partial charge in [-0.15, -0.1) is 10.2 Å². The Hall–Kier alpha value is -2.13. The molecule has 9 heteroatoms. The zero-order valence-corrected chi connectivity index (χ0v) is 14.8. The number of benzene rings is 1. The Labute approximate surface area is 144 Å². The molecule has 3 aromatic rings. The lowest BCUT2D eigenvalue weighted by Gasteiger charge is -2.07. The zero-order valence-electron chi connectivity index (χ0n) is 13.2. The van der Waals surface area contributed by atoms with Crippen LogP contribution in [0.2, 0.25) is 0 Å². The number of nitrogens with zero attached hydrogens (tertiary/aromatic N) is 4. The summed E-state index contributed by atoms with van der Waals surface area (Å²) < 4.78 is 30.9. The van der Waals surface area contributed by atoms with E-state index in [1.54, 1.807) is 30.3 Å². The predicted molar refractivity (Wildman–Crippen MR) is 91.8 cm³/mol. The molecule has 0 aliphatic heterocycles. The minimum absolute atomic E-state index is 0.125. The summed E-state index contributed by atoms with van der Waals surface area (Å²) in [7, 11) is -3.65. The van der Waals surface area contributed by atoms with Crippen LogP contribution < -0.4 is 4.18 Å². The maximum Gasteiger partial charge on any atom is 0.310 e. The molecular formula is C15H16N4O3S2. The molecule has 0 saturated carbocycles. The van der Waals surface area contributed by atoms with Gasteiger partial charge in [-0.2, -0.15) is 8.42 Å². The number of hydrogen-bond donors (Lipinski definition) is 0. The van der Waals surface area contributed by atoms with Gasteiger partial charge in [-0.3, -0.25) is 4.40 Å². The minimum Gasteiger partial charge on any atom is -0.382 e. The van der Waals surface area contributed by atoms with Crippen LogP contribution in [0.4, 0.5) is 0 Å². The summed E-state index contributed by atoms with van der Waals surface area (Å²) in [6.45, 7) is 3.83. The molecule has 126 valence electrons. The van der Waals surface area contributed by atoms with Crippen molar-refractivity contribution in [3.63, 3.8) is 0 Å². The van der Waals surface area contributed by atoms with Gasteiger partial charge in [0.05, 0.1) is 5.75 Å². The number of hydrogen-bond acceptors (Lipinski definition) is 7. The molecule has 7 nitrogen and oxygen atoms in total. The van der Waals surface area contributed by atoms with Crippen molar-refractivity contribution in [3.8, 4) is 5.75 Å². The summed E-state index contributed by atoms with van der Waals surface area (Å²) >= 11 is 1.30. The van der Waals surface area contributed by atoms with E-state index in [-0.39, 0.29) is 5.75 Å². The fourth-order valence-electron chi connectivity index (χ4n) is 2.19. The van der Waals surface area contributed by atoms with Crippen molar-refractivity contribution in [1.82, 2.24) is 19.6 Å². The van der Waals surface area contributed by atoms with Crippen LogP contribution in [0.3, 0.4) is 0 Å². The highest BCUT2D eigenvalue weighted by atomic mass is 32.2. The Kier molecular flexibility index (Phi) is 4.72. The molecule has 0 bridgehead atoms. The van der Waals surface area contributed by atoms with Crippen LogP contribution in [0, 0.1) is 13.8 Å². The van der Waals surface area contributed by atoms with E-state index in [4.69, 9.17) is 4.18 Å². The Balaban J connectivity index is 1.66. The van der Waals surface area contributed by atoms with Gasteiger partial charge in [0, 0.05) is 17.1 Å². The molecule has 0 aliphatic carbocycles. The van der Waals surface area contributed by atoms with E-state index in [0.29, 0.717) is 22.4 Å². The van der Waals surface area contributed by atoms with Crippen LogP contribution in [-0.4, -0.2) is 39.5 Å². The molecule has 2 heterocycles. The molecule has 0 amide bonds. The molecular weight excluding hydrogens is 348 g/mol. The van der Waals surface area contributed by atoms with Gasteiger partial charge in [0.1, 0.15) is 5.75 Å². The van der Waals surface area contributed by atoms with Crippen LogP contribution >= 0.6 is 11.8 Å². The standard InChI is InChI=1S/C15H16N4O3S2/c1-11-10-12(2)19-14(16-11)17-18-15(19)23-8-9-24(20,21)22-13-6-4-3-5-7-13/h3-7,10H,8-9H2,1-2H3. The van der Waals surface area contributed by atoms with Crippen LogP contribution in [-0.2, 0) is 10.1 Å². The van der Waals surface area contributed by atoms with Gasteiger partial charge in [0.2, 0.25) is 0 Å². The van der Waals surface area contributed by atoms with E-state index < -0.39 is 10.1 Å². The number of fused-ring (bicyclic) bond motifs is 1. The molecule has 0 saturated heterocycles. The zero-order chi connectivity index (χ0) is 17.2. The van der Waals surface area contributed by atoms with E-state index in [1.165, 1.54) is 11.8 Å². The van der Waals surface area contributed by atoms with E-state index >= 15 is 0 Å².